The van der Waals surface area contributed by atoms with E-state index in [1.54, 1.807) is 0 Å². The smallest absolute Gasteiger partial charge is 0.254 e. The minimum absolute atomic E-state index is 0.181. The van der Waals surface area contributed by atoms with Crippen molar-refractivity contribution in [3.05, 3.63) is 65.0 Å². The van der Waals surface area contributed by atoms with Gasteiger partial charge in [-0.15, -0.1) is 0 Å². The summed E-state index contributed by atoms with van der Waals surface area (Å²) in [5.74, 6) is 0.181. The number of aliphatic imine (C=N–C) groups is 1. The van der Waals surface area contributed by atoms with Gasteiger partial charge < -0.3 is 4.90 Å². The van der Waals surface area contributed by atoms with Gasteiger partial charge in [0.1, 0.15) is 0 Å². The second-order valence-electron chi connectivity index (χ2n) is 8.21. The molecule has 0 spiro atoms. The second-order valence-corrected chi connectivity index (χ2v) is 8.21. The van der Waals surface area contributed by atoms with Gasteiger partial charge in [-0.25, -0.2) is 0 Å². The van der Waals surface area contributed by atoms with Crippen LogP contribution in [0.3, 0.4) is 0 Å². The molecule has 0 N–H and O–H groups in total. The predicted molar refractivity (Wildman–Crippen MR) is 112 cm³/mol. The van der Waals surface area contributed by atoms with E-state index in [9.17, 15) is 4.79 Å². The van der Waals surface area contributed by atoms with E-state index < -0.39 is 0 Å². The number of nitrogens with zero attached hydrogens (tertiary/aromatic N) is 3. The molecule has 0 bridgehead atoms. The Hall–Kier alpha value is -2.75. The van der Waals surface area contributed by atoms with Crippen molar-refractivity contribution < 1.29 is 4.79 Å². The first-order valence-corrected chi connectivity index (χ1v) is 10.2. The average molecular weight is 371 g/mol. The van der Waals surface area contributed by atoms with Crippen molar-refractivity contribution in [2.24, 2.45) is 4.99 Å². The molecule has 1 fully saturated rings. The molecule has 1 amide bonds. The van der Waals surface area contributed by atoms with E-state index in [1.807, 2.05) is 48.9 Å². The van der Waals surface area contributed by atoms with Gasteiger partial charge in [0, 0.05) is 41.8 Å². The van der Waals surface area contributed by atoms with Crippen LogP contribution in [0.2, 0.25) is 0 Å². The van der Waals surface area contributed by atoms with E-state index in [2.05, 4.69) is 21.8 Å². The fraction of sp³-hybridized carbons (Fsp3) is 0.375. The van der Waals surface area contributed by atoms with Crippen LogP contribution in [0.25, 0.3) is 11.1 Å². The van der Waals surface area contributed by atoms with E-state index in [0.29, 0.717) is 12.1 Å². The highest BCUT2D eigenvalue weighted by Gasteiger charge is 2.39. The first-order chi connectivity index (χ1) is 13.7. The van der Waals surface area contributed by atoms with Crippen LogP contribution in [0.1, 0.15) is 48.0 Å². The van der Waals surface area contributed by atoms with E-state index in [-0.39, 0.29) is 5.91 Å². The van der Waals surface area contributed by atoms with E-state index in [0.717, 1.165) is 55.3 Å². The number of carbonyl (C=O) groups excluding carboxylic acids is 1. The molecular formula is C24H25N3O. The minimum atomic E-state index is 0.181. The molecule has 2 aromatic rings. The lowest BCUT2D eigenvalue weighted by molar-refractivity contribution is 0.0645. The summed E-state index contributed by atoms with van der Waals surface area (Å²) in [6.45, 7) is 2.96. The Labute approximate surface area is 166 Å². The standard InChI is InChI=1S/C24H25N3O/c1-16-10-11-25-15-23(16)17-2-4-18(5-3-17)24(28)27(21-8-9-21)22-7-6-19-13-26-14-20(19)12-22/h2-5,10-11,14-15,21-22H,6-9,12-13H2,1H3. The summed E-state index contributed by atoms with van der Waals surface area (Å²) in [4.78, 5) is 24.2. The number of aryl methyl sites for hydroxylation is 1. The molecule has 1 saturated carbocycles. The zero-order valence-corrected chi connectivity index (χ0v) is 16.3. The number of benzene rings is 1. The second kappa shape index (κ2) is 7.01. The Bertz CT molecular complexity index is 970. The molecule has 1 aromatic carbocycles. The third kappa shape index (κ3) is 3.17. The molecule has 4 nitrogen and oxygen atoms in total. The van der Waals surface area contributed by atoms with Crippen molar-refractivity contribution in [3.8, 4) is 11.1 Å². The lowest BCUT2D eigenvalue weighted by Gasteiger charge is -2.35. The van der Waals surface area contributed by atoms with Gasteiger partial charge in [0.25, 0.3) is 5.91 Å². The lowest BCUT2D eigenvalue weighted by Crippen LogP contribution is -2.43. The van der Waals surface area contributed by atoms with Crippen molar-refractivity contribution in [1.29, 1.82) is 0 Å². The fourth-order valence-electron chi connectivity index (χ4n) is 4.52. The number of carbonyl (C=O) groups is 1. The molecule has 2 heterocycles. The maximum absolute atomic E-state index is 13.4. The SMILES string of the molecule is Cc1ccncc1-c1ccc(C(=O)N(C2CC2)C2CCC3=C(C=NC3)C2)cc1. The Morgan fingerprint density at radius 1 is 1.07 bits per heavy atom. The van der Waals surface area contributed by atoms with Crippen LogP contribution in [-0.4, -0.2) is 40.6 Å². The molecule has 2 aliphatic carbocycles. The van der Waals surface area contributed by atoms with Gasteiger partial charge in [-0.3, -0.25) is 14.8 Å². The predicted octanol–water partition coefficient (Wildman–Crippen LogP) is 4.60. The summed E-state index contributed by atoms with van der Waals surface area (Å²) >= 11 is 0. The molecule has 142 valence electrons. The maximum atomic E-state index is 13.4. The van der Waals surface area contributed by atoms with Crippen molar-refractivity contribution in [3.63, 3.8) is 0 Å². The highest BCUT2D eigenvalue weighted by Crippen LogP contribution is 2.37. The summed E-state index contributed by atoms with van der Waals surface area (Å²) < 4.78 is 0. The highest BCUT2D eigenvalue weighted by atomic mass is 16.2. The fourth-order valence-corrected chi connectivity index (χ4v) is 4.52. The third-order valence-electron chi connectivity index (χ3n) is 6.27. The number of amides is 1. The Kier molecular flexibility index (Phi) is 4.34. The first-order valence-electron chi connectivity index (χ1n) is 10.2. The summed E-state index contributed by atoms with van der Waals surface area (Å²) in [5.41, 5.74) is 7.06. The van der Waals surface area contributed by atoms with Gasteiger partial charge in [-0.1, -0.05) is 12.1 Å². The quantitative estimate of drug-likeness (QED) is 0.789. The normalized spacial score (nSPS) is 21.0. The Morgan fingerprint density at radius 2 is 1.89 bits per heavy atom. The van der Waals surface area contributed by atoms with Crippen molar-refractivity contribution in [1.82, 2.24) is 9.88 Å². The van der Waals surface area contributed by atoms with Gasteiger partial charge in [0.2, 0.25) is 0 Å². The van der Waals surface area contributed by atoms with Gasteiger partial charge in [0.15, 0.2) is 0 Å². The van der Waals surface area contributed by atoms with E-state index in [1.165, 1.54) is 16.7 Å². The monoisotopic (exact) mass is 371 g/mol. The molecule has 1 atom stereocenters. The zero-order chi connectivity index (χ0) is 19.1. The van der Waals surface area contributed by atoms with Crippen molar-refractivity contribution in [2.75, 3.05) is 6.54 Å². The van der Waals surface area contributed by atoms with Crippen LogP contribution in [0, 0.1) is 6.92 Å². The van der Waals surface area contributed by atoms with Crippen molar-refractivity contribution >= 4 is 12.1 Å². The summed E-state index contributed by atoms with van der Waals surface area (Å²) in [5, 5.41) is 0. The molecule has 1 aromatic heterocycles. The molecule has 1 unspecified atom stereocenters. The van der Waals surface area contributed by atoms with Crippen LogP contribution in [0.5, 0.6) is 0 Å². The molecule has 5 rings (SSSR count). The Balaban J connectivity index is 1.38. The van der Waals surface area contributed by atoms with Crippen LogP contribution in [0.15, 0.2) is 58.9 Å². The average Bonchev–Trinajstić information content (AvgIpc) is 3.44. The zero-order valence-electron chi connectivity index (χ0n) is 16.3. The largest absolute Gasteiger partial charge is 0.332 e. The van der Waals surface area contributed by atoms with Gasteiger partial charge >= 0.3 is 0 Å². The van der Waals surface area contributed by atoms with Gasteiger partial charge in [0.05, 0.1) is 6.54 Å². The van der Waals surface area contributed by atoms with Crippen LogP contribution in [-0.2, 0) is 0 Å². The molecule has 3 aliphatic rings. The van der Waals surface area contributed by atoms with E-state index in [4.69, 9.17) is 0 Å². The van der Waals surface area contributed by atoms with Gasteiger partial charge in [-0.2, -0.15) is 0 Å². The minimum Gasteiger partial charge on any atom is -0.332 e. The number of aromatic nitrogens is 1. The molecular weight excluding hydrogens is 346 g/mol. The summed E-state index contributed by atoms with van der Waals surface area (Å²) in [6.07, 6.45) is 11.1. The van der Waals surface area contributed by atoms with Gasteiger partial charge in [-0.05, 0) is 79.5 Å². The third-order valence-corrected chi connectivity index (χ3v) is 6.27. The molecule has 0 radical (unpaired) electrons. The van der Waals surface area contributed by atoms with Crippen LogP contribution >= 0.6 is 0 Å². The number of hydrogen-bond donors (Lipinski definition) is 0. The Morgan fingerprint density at radius 3 is 2.64 bits per heavy atom. The molecule has 28 heavy (non-hydrogen) atoms. The molecule has 4 heteroatoms. The molecule has 0 saturated heterocycles. The summed E-state index contributed by atoms with van der Waals surface area (Å²) in [7, 11) is 0. The topological polar surface area (TPSA) is 45.6 Å². The number of hydrogen-bond acceptors (Lipinski definition) is 3. The van der Waals surface area contributed by atoms with E-state index >= 15 is 0 Å². The first kappa shape index (κ1) is 17.4. The van der Waals surface area contributed by atoms with Crippen LogP contribution in [0.4, 0.5) is 0 Å². The molecule has 1 aliphatic heterocycles. The van der Waals surface area contributed by atoms with Crippen molar-refractivity contribution in [2.45, 2.75) is 51.1 Å². The number of rotatable bonds is 4. The lowest BCUT2D eigenvalue weighted by atomic mass is 9.88. The summed E-state index contributed by atoms with van der Waals surface area (Å²) in [6, 6.07) is 10.8. The maximum Gasteiger partial charge on any atom is 0.254 e. The highest BCUT2D eigenvalue weighted by molar-refractivity contribution is 5.95. The number of pyridine rings is 1. The van der Waals surface area contributed by atoms with Crippen LogP contribution < -0.4 is 0 Å².